The first-order valence-electron chi connectivity index (χ1n) is 5.32. The van der Waals surface area contributed by atoms with Gasteiger partial charge in [0.2, 0.25) is 0 Å². The van der Waals surface area contributed by atoms with Gasteiger partial charge in [0.15, 0.2) is 0 Å². The lowest BCUT2D eigenvalue weighted by Crippen LogP contribution is -1.96. The molecule has 1 aromatic carbocycles. The Morgan fingerprint density at radius 2 is 1.89 bits per heavy atom. The molecule has 19 heavy (non-hydrogen) atoms. The summed E-state index contributed by atoms with van der Waals surface area (Å²) in [6.45, 7) is 0. The van der Waals surface area contributed by atoms with Gasteiger partial charge in [0.25, 0.3) is 0 Å². The van der Waals surface area contributed by atoms with E-state index in [0.717, 1.165) is 6.07 Å². The second-order valence-corrected chi connectivity index (χ2v) is 4.75. The molecule has 0 fully saturated rings. The molecular formula is C13H9F2NO2S. The lowest BCUT2D eigenvalue weighted by Gasteiger charge is -2.03. The van der Waals surface area contributed by atoms with Gasteiger partial charge in [-0.25, -0.2) is 18.6 Å². The van der Waals surface area contributed by atoms with Crippen molar-refractivity contribution in [2.75, 3.05) is 0 Å². The van der Waals surface area contributed by atoms with E-state index >= 15 is 0 Å². The van der Waals surface area contributed by atoms with Crippen molar-refractivity contribution in [3.63, 3.8) is 0 Å². The molecule has 0 saturated carbocycles. The van der Waals surface area contributed by atoms with Crippen molar-refractivity contribution in [3.8, 4) is 0 Å². The summed E-state index contributed by atoms with van der Waals surface area (Å²) in [5.74, 6) is -2.00. The van der Waals surface area contributed by atoms with E-state index in [1.165, 1.54) is 42.2 Å². The van der Waals surface area contributed by atoms with Gasteiger partial charge < -0.3 is 5.11 Å². The van der Waals surface area contributed by atoms with Crippen LogP contribution in [-0.4, -0.2) is 16.1 Å². The van der Waals surface area contributed by atoms with Gasteiger partial charge in [-0.3, -0.25) is 0 Å². The van der Waals surface area contributed by atoms with Crippen LogP contribution in [0.25, 0.3) is 0 Å². The molecule has 6 heteroatoms. The Bertz CT molecular complexity index is 599. The van der Waals surface area contributed by atoms with Gasteiger partial charge in [0.05, 0.1) is 10.6 Å². The van der Waals surface area contributed by atoms with E-state index in [-0.39, 0.29) is 5.56 Å². The topological polar surface area (TPSA) is 50.2 Å². The zero-order valence-electron chi connectivity index (χ0n) is 9.64. The number of aromatic nitrogens is 1. The van der Waals surface area contributed by atoms with Crippen LogP contribution in [0, 0.1) is 11.6 Å². The summed E-state index contributed by atoms with van der Waals surface area (Å²) in [5.41, 5.74) is 0.605. The highest BCUT2D eigenvalue weighted by atomic mass is 32.2. The molecule has 0 unspecified atom stereocenters. The Balaban J connectivity index is 2.10. The van der Waals surface area contributed by atoms with Gasteiger partial charge in [-0.1, -0.05) is 0 Å². The fraction of sp³-hybridized carbons (Fsp3) is 0.0769. The molecule has 0 amide bonds. The molecule has 2 aromatic rings. The number of carbonyl (C=O) groups is 1. The van der Waals surface area contributed by atoms with Gasteiger partial charge in [-0.2, -0.15) is 0 Å². The summed E-state index contributed by atoms with van der Waals surface area (Å²) >= 11 is 1.21. The summed E-state index contributed by atoms with van der Waals surface area (Å²) < 4.78 is 26.0. The van der Waals surface area contributed by atoms with Crippen LogP contribution in [0.3, 0.4) is 0 Å². The molecule has 0 aliphatic rings. The maximum Gasteiger partial charge on any atom is 0.335 e. The molecule has 1 N–H and O–H groups in total. The van der Waals surface area contributed by atoms with Crippen LogP contribution in [0.1, 0.15) is 15.9 Å². The SMILES string of the molecule is O=C(O)c1ccnc(SCc2cc(F)cc(F)c2)c1. The van der Waals surface area contributed by atoms with Gasteiger partial charge in [-0.15, -0.1) is 11.8 Å². The van der Waals surface area contributed by atoms with Crippen LogP contribution < -0.4 is 0 Å². The van der Waals surface area contributed by atoms with E-state index in [1.54, 1.807) is 0 Å². The zero-order chi connectivity index (χ0) is 13.8. The maximum atomic E-state index is 13.0. The highest BCUT2D eigenvalue weighted by Gasteiger charge is 2.06. The Kier molecular flexibility index (Phi) is 4.11. The van der Waals surface area contributed by atoms with Crippen molar-refractivity contribution in [3.05, 3.63) is 59.3 Å². The van der Waals surface area contributed by atoms with Crippen LogP contribution in [0.15, 0.2) is 41.6 Å². The molecule has 0 spiro atoms. The average Bonchev–Trinajstić information content (AvgIpc) is 2.35. The normalized spacial score (nSPS) is 10.4. The minimum atomic E-state index is -1.04. The third kappa shape index (κ3) is 3.75. The van der Waals surface area contributed by atoms with Crippen molar-refractivity contribution < 1.29 is 18.7 Å². The molecule has 1 heterocycles. The molecular weight excluding hydrogens is 272 g/mol. The fourth-order valence-corrected chi connectivity index (χ4v) is 2.30. The van der Waals surface area contributed by atoms with E-state index in [4.69, 9.17) is 5.11 Å². The van der Waals surface area contributed by atoms with Crippen molar-refractivity contribution in [1.29, 1.82) is 0 Å². The van der Waals surface area contributed by atoms with Gasteiger partial charge in [0.1, 0.15) is 11.6 Å². The van der Waals surface area contributed by atoms with Gasteiger partial charge >= 0.3 is 5.97 Å². The van der Waals surface area contributed by atoms with Crippen LogP contribution in [0.2, 0.25) is 0 Å². The average molecular weight is 281 g/mol. The van der Waals surface area contributed by atoms with Crippen LogP contribution in [0.4, 0.5) is 8.78 Å². The molecule has 0 bridgehead atoms. The molecule has 3 nitrogen and oxygen atoms in total. The highest BCUT2D eigenvalue weighted by molar-refractivity contribution is 7.98. The predicted molar refractivity (Wildman–Crippen MR) is 67.1 cm³/mol. The fourth-order valence-electron chi connectivity index (χ4n) is 1.47. The quantitative estimate of drug-likeness (QED) is 0.873. The third-order valence-corrected chi connectivity index (χ3v) is 3.29. The molecule has 0 atom stereocenters. The maximum absolute atomic E-state index is 13.0. The van der Waals surface area contributed by atoms with Crippen molar-refractivity contribution in [2.24, 2.45) is 0 Å². The molecule has 0 aliphatic heterocycles. The number of rotatable bonds is 4. The molecule has 0 aliphatic carbocycles. The third-order valence-electron chi connectivity index (χ3n) is 2.29. The Morgan fingerprint density at radius 3 is 2.53 bits per heavy atom. The van der Waals surface area contributed by atoms with Gasteiger partial charge in [0, 0.05) is 18.0 Å². The number of carboxylic acids is 1. The van der Waals surface area contributed by atoms with Gasteiger partial charge in [-0.05, 0) is 29.8 Å². The van der Waals surface area contributed by atoms with Crippen LogP contribution >= 0.6 is 11.8 Å². The number of pyridine rings is 1. The summed E-state index contributed by atoms with van der Waals surface area (Å²) in [4.78, 5) is 14.8. The molecule has 98 valence electrons. The van der Waals surface area contributed by atoms with Crippen molar-refractivity contribution >= 4 is 17.7 Å². The molecule has 1 aromatic heterocycles. The van der Waals surface area contributed by atoms with E-state index in [0.29, 0.717) is 16.3 Å². The lowest BCUT2D eigenvalue weighted by molar-refractivity contribution is 0.0696. The van der Waals surface area contributed by atoms with Crippen LogP contribution in [-0.2, 0) is 5.75 Å². The number of aromatic carboxylic acids is 1. The summed E-state index contributed by atoms with van der Waals surface area (Å²) in [7, 11) is 0. The molecule has 0 saturated heterocycles. The number of nitrogens with zero attached hydrogens (tertiary/aromatic N) is 1. The summed E-state index contributed by atoms with van der Waals surface area (Å²) in [5, 5.41) is 9.32. The van der Waals surface area contributed by atoms with E-state index in [2.05, 4.69) is 4.98 Å². The predicted octanol–water partition coefficient (Wildman–Crippen LogP) is 3.35. The Labute approximate surface area is 112 Å². The van der Waals surface area contributed by atoms with E-state index in [1.807, 2.05) is 0 Å². The zero-order valence-corrected chi connectivity index (χ0v) is 10.5. The number of halogens is 2. The molecule has 2 rings (SSSR count). The lowest BCUT2D eigenvalue weighted by atomic mass is 10.2. The number of carboxylic acid groups (broad SMARTS) is 1. The number of benzene rings is 1. The second-order valence-electron chi connectivity index (χ2n) is 3.75. The first-order chi connectivity index (χ1) is 9.04. The summed E-state index contributed by atoms with van der Waals surface area (Å²) in [6.07, 6.45) is 1.39. The minimum absolute atomic E-state index is 0.128. The number of hydrogen-bond donors (Lipinski definition) is 1. The minimum Gasteiger partial charge on any atom is -0.478 e. The first-order valence-corrected chi connectivity index (χ1v) is 6.30. The van der Waals surface area contributed by atoms with E-state index in [9.17, 15) is 13.6 Å². The standard InChI is InChI=1S/C13H9F2NO2S/c14-10-3-8(4-11(15)6-10)7-19-12-5-9(13(17)18)1-2-16-12/h1-6H,7H2,(H,17,18). The monoisotopic (exact) mass is 281 g/mol. The van der Waals surface area contributed by atoms with E-state index < -0.39 is 17.6 Å². The number of hydrogen-bond acceptors (Lipinski definition) is 3. The Morgan fingerprint density at radius 1 is 1.21 bits per heavy atom. The first kappa shape index (κ1) is 13.5. The second kappa shape index (κ2) is 5.79. The van der Waals surface area contributed by atoms with Crippen molar-refractivity contribution in [1.82, 2.24) is 4.98 Å². The molecule has 0 radical (unpaired) electrons. The summed E-state index contributed by atoms with van der Waals surface area (Å²) in [6, 6.07) is 6.07. The Hall–Kier alpha value is -1.95. The largest absolute Gasteiger partial charge is 0.478 e. The smallest absolute Gasteiger partial charge is 0.335 e. The van der Waals surface area contributed by atoms with Crippen molar-refractivity contribution in [2.45, 2.75) is 10.8 Å². The highest BCUT2D eigenvalue weighted by Crippen LogP contribution is 2.22. The number of thioether (sulfide) groups is 1. The van der Waals surface area contributed by atoms with Crippen LogP contribution in [0.5, 0.6) is 0 Å².